The minimum atomic E-state index is 0.434. The fraction of sp³-hybridized carbons (Fsp3) is 0.882. The van der Waals surface area contributed by atoms with Crippen LogP contribution < -0.4 is 0 Å². The average Bonchev–Trinajstić information content (AvgIpc) is 2.39. The lowest BCUT2D eigenvalue weighted by atomic mass is 10.0. The smallest absolute Gasteiger partial charge is 0.0543 e. The molecule has 18 heavy (non-hydrogen) atoms. The summed E-state index contributed by atoms with van der Waals surface area (Å²) in [5.74, 6) is 2.45. The standard InChI is InChI=1S/C17H31O/c1-4-5-6-7-8-9-10-11-12-13-14-15-16-17(2)18-3/h17H,5-16H2,2-3H3. The summed E-state index contributed by atoms with van der Waals surface area (Å²) in [7, 11) is 1.80. The summed E-state index contributed by atoms with van der Waals surface area (Å²) in [5.41, 5.74) is 0. The van der Waals surface area contributed by atoms with Gasteiger partial charge in [0.15, 0.2) is 0 Å². The van der Waals surface area contributed by atoms with Gasteiger partial charge in [0.1, 0.15) is 0 Å². The molecule has 0 aliphatic carbocycles. The number of ether oxygens (including phenoxy) is 1. The fourth-order valence-corrected chi connectivity index (χ4v) is 2.18. The molecular weight excluding hydrogens is 220 g/mol. The normalized spacial score (nSPS) is 12.3. The van der Waals surface area contributed by atoms with Gasteiger partial charge >= 0.3 is 0 Å². The molecule has 0 aliphatic rings. The van der Waals surface area contributed by atoms with E-state index in [9.17, 15) is 0 Å². The van der Waals surface area contributed by atoms with Crippen molar-refractivity contribution >= 4 is 0 Å². The van der Waals surface area contributed by atoms with Crippen molar-refractivity contribution in [2.45, 2.75) is 90.1 Å². The molecule has 0 fully saturated rings. The Labute approximate surface area is 115 Å². The maximum absolute atomic E-state index is 6.81. The lowest BCUT2D eigenvalue weighted by Gasteiger charge is -2.08. The molecule has 0 rings (SSSR count). The number of hydrogen-bond donors (Lipinski definition) is 0. The Morgan fingerprint density at radius 2 is 1.28 bits per heavy atom. The molecule has 0 spiro atoms. The van der Waals surface area contributed by atoms with Gasteiger partial charge in [-0.15, -0.1) is 0 Å². The largest absolute Gasteiger partial charge is 0.382 e. The van der Waals surface area contributed by atoms with Crippen molar-refractivity contribution in [1.82, 2.24) is 0 Å². The van der Waals surface area contributed by atoms with Gasteiger partial charge in [-0.2, -0.15) is 0 Å². The van der Waals surface area contributed by atoms with Crippen molar-refractivity contribution in [2.75, 3.05) is 7.11 Å². The van der Waals surface area contributed by atoms with Gasteiger partial charge in [0.25, 0.3) is 0 Å². The monoisotopic (exact) mass is 251 g/mol. The van der Waals surface area contributed by atoms with Gasteiger partial charge in [-0.05, 0) is 26.2 Å². The van der Waals surface area contributed by atoms with Crippen LogP contribution in [-0.2, 0) is 4.74 Å². The number of hydrogen-bond acceptors (Lipinski definition) is 1. The van der Waals surface area contributed by atoms with Gasteiger partial charge in [-0.25, -0.2) is 0 Å². The van der Waals surface area contributed by atoms with E-state index in [0.717, 1.165) is 12.8 Å². The molecule has 1 heteroatoms. The second-order valence-corrected chi connectivity index (χ2v) is 5.30. The number of rotatable bonds is 13. The molecule has 0 N–H and O–H groups in total. The predicted octanol–water partition coefficient (Wildman–Crippen LogP) is 5.29. The molecule has 0 bridgehead atoms. The molecule has 0 heterocycles. The number of methoxy groups -OCH3 is 1. The quantitative estimate of drug-likeness (QED) is 0.319. The van der Waals surface area contributed by atoms with Crippen LogP contribution in [0.1, 0.15) is 84.0 Å². The van der Waals surface area contributed by atoms with E-state index in [1.807, 2.05) is 0 Å². The second-order valence-electron chi connectivity index (χ2n) is 5.30. The first-order chi connectivity index (χ1) is 8.81. The van der Waals surface area contributed by atoms with Crippen LogP contribution in [0, 0.1) is 12.3 Å². The third-order valence-corrected chi connectivity index (χ3v) is 3.56. The minimum absolute atomic E-state index is 0.434. The number of unbranched alkanes of at least 4 members (excludes halogenated alkanes) is 10. The van der Waals surface area contributed by atoms with E-state index < -0.39 is 0 Å². The lowest BCUT2D eigenvalue weighted by Crippen LogP contribution is -2.03. The van der Waals surface area contributed by atoms with E-state index in [1.54, 1.807) is 7.11 Å². The molecule has 0 saturated heterocycles. The molecule has 0 saturated carbocycles. The van der Waals surface area contributed by atoms with E-state index >= 15 is 0 Å². The Morgan fingerprint density at radius 3 is 1.72 bits per heavy atom. The van der Waals surface area contributed by atoms with Crippen molar-refractivity contribution in [2.24, 2.45) is 0 Å². The highest BCUT2D eigenvalue weighted by Crippen LogP contribution is 2.12. The van der Waals surface area contributed by atoms with E-state index in [0.29, 0.717) is 6.10 Å². The summed E-state index contributed by atoms with van der Waals surface area (Å²) >= 11 is 0. The van der Waals surface area contributed by atoms with E-state index in [1.165, 1.54) is 64.2 Å². The van der Waals surface area contributed by atoms with Crippen molar-refractivity contribution in [3.63, 3.8) is 0 Å². The molecule has 0 amide bonds. The van der Waals surface area contributed by atoms with Crippen LogP contribution in [0.4, 0.5) is 0 Å². The van der Waals surface area contributed by atoms with Crippen molar-refractivity contribution in [3.8, 4) is 5.92 Å². The molecule has 0 aromatic carbocycles. The summed E-state index contributed by atoms with van der Waals surface area (Å²) in [6.45, 7) is 2.15. The summed E-state index contributed by atoms with van der Waals surface area (Å²) in [5, 5.41) is 0. The third-order valence-electron chi connectivity index (χ3n) is 3.56. The van der Waals surface area contributed by atoms with Gasteiger partial charge in [-0.1, -0.05) is 63.7 Å². The zero-order chi connectivity index (χ0) is 13.5. The Kier molecular flexibility index (Phi) is 14.2. The summed E-state index contributed by atoms with van der Waals surface area (Å²) in [6, 6.07) is 0. The van der Waals surface area contributed by atoms with Crippen molar-refractivity contribution in [3.05, 3.63) is 6.42 Å². The van der Waals surface area contributed by atoms with E-state index in [-0.39, 0.29) is 0 Å². The predicted molar refractivity (Wildman–Crippen MR) is 79.0 cm³/mol. The van der Waals surface area contributed by atoms with Crippen LogP contribution in [0.5, 0.6) is 0 Å². The second kappa shape index (κ2) is 14.6. The summed E-state index contributed by atoms with van der Waals surface area (Å²) < 4.78 is 5.23. The third kappa shape index (κ3) is 13.6. The summed E-state index contributed by atoms with van der Waals surface area (Å²) in [4.78, 5) is 0. The van der Waals surface area contributed by atoms with Gasteiger partial charge in [-0.3, -0.25) is 0 Å². The van der Waals surface area contributed by atoms with Crippen LogP contribution >= 0.6 is 0 Å². The maximum Gasteiger partial charge on any atom is 0.0543 e. The Morgan fingerprint density at radius 1 is 0.833 bits per heavy atom. The molecule has 0 aromatic rings. The van der Waals surface area contributed by atoms with E-state index in [2.05, 4.69) is 12.8 Å². The first kappa shape index (κ1) is 17.5. The first-order valence-electron chi connectivity index (χ1n) is 7.73. The molecule has 1 nitrogen and oxygen atoms in total. The van der Waals surface area contributed by atoms with Gasteiger partial charge in [0, 0.05) is 13.5 Å². The van der Waals surface area contributed by atoms with Gasteiger partial charge in [0.05, 0.1) is 6.10 Å². The first-order valence-corrected chi connectivity index (χ1v) is 7.73. The molecule has 105 valence electrons. The Bertz CT molecular complexity index is 192. The van der Waals surface area contributed by atoms with Crippen LogP contribution in [0.15, 0.2) is 0 Å². The topological polar surface area (TPSA) is 9.23 Å². The Balaban J connectivity index is 2.97. The van der Waals surface area contributed by atoms with Crippen LogP contribution in [0.2, 0.25) is 0 Å². The molecule has 1 radical (unpaired) electrons. The van der Waals surface area contributed by atoms with Crippen LogP contribution in [0.25, 0.3) is 0 Å². The van der Waals surface area contributed by atoms with Gasteiger partial charge < -0.3 is 4.74 Å². The highest BCUT2D eigenvalue weighted by Gasteiger charge is 1.98. The van der Waals surface area contributed by atoms with Crippen molar-refractivity contribution < 1.29 is 4.74 Å². The van der Waals surface area contributed by atoms with Crippen LogP contribution in [-0.4, -0.2) is 13.2 Å². The molecule has 1 unspecified atom stereocenters. The van der Waals surface area contributed by atoms with Crippen molar-refractivity contribution in [1.29, 1.82) is 0 Å². The SMILES string of the molecule is [C]#CCCCCCCCCCCCCC(C)OC. The molecule has 0 aromatic heterocycles. The highest BCUT2D eigenvalue weighted by molar-refractivity contribution is 4.74. The zero-order valence-corrected chi connectivity index (χ0v) is 12.5. The highest BCUT2D eigenvalue weighted by atomic mass is 16.5. The zero-order valence-electron chi connectivity index (χ0n) is 12.5. The van der Waals surface area contributed by atoms with E-state index in [4.69, 9.17) is 11.2 Å². The van der Waals surface area contributed by atoms with Crippen LogP contribution in [0.3, 0.4) is 0 Å². The lowest BCUT2D eigenvalue weighted by molar-refractivity contribution is 0.108. The summed E-state index contributed by atoms with van der Waals surface area (Å²) in [6.07, 6.45) is 22.7. The fourth-order valence-electron chi connectivity index (χ4n) is 2.18. The molecule has 0 aliphatic heterocycles. The Hall–Kier alpha value is -0.480. The maximum atomic E-state index is 6.81. The average molecular weight is 251 g/mol. The van der Waals surface area contributed by atoms with Gasteiger partial charge in [0.2, 0.25) is 0 Å². The molecule has 1 atom stereocenters. The molecular formula is C17H31O. The minimum Gasteiger partial charge on any atom is -0.382 e.